The zero-order valence-electron chi connectivity index (χ0n) is 17.5. The smallest absolute Gasteiger partial charge is 0.257 e. The van der Waals surface area contributed by atoms with E-state index in [1.807, 2.05) is 31.2 Å². The highest BCUT2D eigenvalue weighted by atomic mass is 16.5. The summed E-state index contributed by atoms with van der Waals surface area (Å²) in [5.74, 6) is -0.320. The number of benzene rings is 2. The molecular formula is C23H26N4O4. The fraction of sp³-hybridized carbons (Fsp3) is 0.304. The Morgan fingerprint density at radius 2 is 1.81 bits per heavy atom. The normalized spacial score (nSPS) is 9.94. The standard InChI is InChI=1S/C23H26N4O4/c1-2-25-22(29)17-31-20-11-6-8-18(16-20)26-21(28)12-13-23(30)27(15-7-14-24)19-9-4-3-5-10-19/h3-6,8-11,16H,2,7,12-13,15,17H2,1H3,(H,25,29)(H,26,28). The number of carbonyl (C=O) groups is 3. The molecule has 2 rings (SSSR count). The van der Waals surface area contributed by atoms with Crippen LogP contribution in [0.3, 0.4) is 0 Å². The van der Waals surface area contributed by atoms with E-state index in [9.17, 15) is 14.4 Å². The van der Waals surface area contributed by atoms with Crippen LogP contribution in [0, 0.1) is 11.3 Å². The maximum atomic E-state index is 12.6. The highest BCUT2D eigenvalue weighted by Gasteiger charge is 2.17. The summed E-state index contributed by atoms with van der Waals surface area (Å²) in [5, 5.41) is 14.2. The van der Waals surface area contributed by atoms with Crippen LogP contribution in [-0.2, 0) is 14.4 Å². The quantitative estimate of drug-likeness (QED) is 0.578. The number of hydrogen-bond acceptors (Lipinski definition) is 5. The zero-order chi connectivity index (χ0) is 22.5. The molecule has 162 valence electrons. The number of nitriles is 1. The summed E-state index contributed by atoms with van der Waals surface area (Å²) in [6.45, 7) is 2.50. The number of likely N-dealkylation sites (N-methyl/N-ethyl adjacent to an activating group) is 1. The summed E-state index contributed by atoms with van der Waals surface area (Å²) < 4.78 is 5.41. The molecule has 2 aromatic rings. The first-order valence-corrected chi connectivity index (χ1v) is 10.0. The maximum absolute atomic E-state index is 12.6. The van der Waals surface area contributed by atoms with Crippen molar-refractivity contribution in [3.8, 4) is 11.8 Å². The van der Waals surface area contributed by atoms with E-state index >= 15 is 0 Å². The number of nitrogens with zero attached hydrogens (tertiary/aromatic N) is 2. The number of anilines is 2. The van der Waals surface area contributed by atoms with Gasteiger partial charge in [0.05, 0.1) is 12.5 Å². The lowest BCUT2D eigenvalue weighted by molar-refractivity contribution is -0.123. The minimum absolute atomic E-state index is 0.00128. The van der Waals surface area contributed by atoms with Crippen LogP contribution in [0.4, 0.5) is 11.4 Å². The van der Waals surface area contributed by atoms with Gasteiger partial charge in [0.2, 0.25) is 11.8 Å². The van der Waals surface area contributed by atoms with Crippen LogP contribution in [0.2, 0.25) is 0 Å². The van der Waals surface area contributed by atoms with E-state index in [0.717, 1.165) is 0 Å². The molecule has 0 saturated heterocycles. The number of amides is 3. The van der Waals surface area contributed by atoms with E-state index in [0.29, 0.717) is 23.7 Å². The molecule has 0 aliphatic carbocycles. The molecule has 2 aromatic carbocycles. The first-order chi connectivity index (χ1) is 15.0. The third-order valence-corrected chi connectivity index (χ3v) is 4.24. The Morgan fingerprint density at radius 3 is 2.52 bits per heavy atom. The lowest BCUT2D eigenvalue weighted by Crippen LogP contribution is -2.32. The van der Waals surface area contributed by atoms with Gasteiger partial charge in [0.15, 0.2) is 6.61 Å². The number of hydrogen-bond donors (Lipinski definition) is 2. The van der Waals surface area contributed by atoms with E-state index in [4.69, 9.17) is 10.00 Å². The van der Waals surface area contributed by atoms with Crippen LogP contribution in [0.15, 0.2) is 54.6 Å². The first kappa shape index (κ1) is 23.4. The van der Waals surface area contributed by atoms with E-state index < -0.39 is 0 Å². The fourth-order valence-corrected chi connectivity index (χ4v) is 2.81. The van der Waals surface area contributed by atoms with E-state index in [1.54, 1.807) is 36.4 Å². The molecule has 0 bridgehead atoms. The Balaban J connectivity index is 1.89. The van der Waals surface area contributed by atoms with Crippen molar-refractivity contribution in [2.45, 2.75) is 26.2 Å². The van der Waals surface area contributed by atoms with E-state index in [2.05, 4.69) is 10.6 Å². The lowest BCUT2D eigenvalue weighted by Gasteiger charge is -2.21. The van der Waals surface area contributed by atoms with Crippen LogP contribution in [0.25, 0.3) is 0 Å². The zero-order valence-corrected chi connectivity index (χ0v) is 17.5. The highest BCUT2D eigenvalue weighted by Crippen LogP contribution is 2.19. The highest BCUT2D eigenvalue weighted by molar-refractivity contribution is 5.98. The van der Waals surface area contributed by atoms with Crippen molar-refractivity contribution < 1.29 is 19.1 Å². The fourth-order valence-electron chi connectivity index (χ4n) is 2.81. The average Bonchev–Trinajstić information content (AvgIpc) is 2.78. The minimum atomic E-state index is -0.317. The van der Waals surface area contributed by atoms with E-state index in [-0.39, 0.29) is 50.1 Å². The molecule has 0 aromatic heterocycles. The molecule has 0 unspecified atom stereocenters. The van der Waals surface area contributed by atoms with Gasteiger partial charge in [-0.25, -0.2) is 0 Å². The van der Waals surface area contributed by atoms with Crippen LogP contribution >= 0.6 is 0 Å². The molecule has 0 fully saturated rings. The summed E-state index contributed by atoms with van der Waals surface area (Å²) in [4.78, 5) is 38.0. The van der Waals surface area contributed by atoms with Gasteiger partial charge in [0.25, 0.3) is 5.91 Å². The molecule has 0 aliphatic heterocycles. The van der Waals surface area contributed by atoms with Gasteiger partial charge in [0, 0.05) is 43.4 Å². The first-order valence-electron chi connectivity index (χ1n) is 10.0. The van der Waals surface area contributed by atoms with Crippen molar-refractivity contribution in [3.63, 3.8) is 0 Å². The van der Waals surface area contributed by atoms with Gasteiger partial charge < -0.3 is 20.3 Å². The van der Waals surface area contributed by atoms with Gasteiger partial charge in [0.1, 0.15) is 5.75 Å². The van der Waals surface area contributed by atoms with Crippen LogP contribution in [0.5, 0.6) is 5.75 Å². The predicted molar refractivity (Wildman–Crippen MR) is 118 cm³/mol. The second-order valence-electron chi connectivity index (χ2n) is 6.61. The molecule has 8 heteroatoms. The minimum Gasteiger partial charge on any atom is -0.484 e. The molecule has 0 spiro atoms. The lowest BCUT2D eigenvalue weighted by atomic mass is 10.2. The second-order valence-corrected chi connectivity index (χ2v) is 6.61. The molecule has 0 radical (unpaired) electrons. The predicted octanol–water partition coefficient (Wildman–Crippen LogP) is 2.87. The Bertz CT molecular complexity index is 925. The third-order valence-electron chi connectivity index (χ3n) is 4.24. The number of rotatable bonds is 11. The number of carbonyl (C=O) groups excluding carboxylic acids is 3. The van der Waals surface area contributed by atoms with Crippen molar-refractivity contribution >= 4 is 29.1 Å². The molecule has 0 aliphatic rings. The Morgan fingerprint density at radius 1 is 1.03 bits per heavy atom. The molecule has 2 N–H and O–H groups in total. The van der Waals surface area contributed by atoms with Gasteiger partial charge in [-0.05, 0) is 31.2 Å². The topological polar surface area (TPSA) is 112 Å². The molecule has 8 nitrogen and oxygen atoms in total. The summed E-state index contributed by atoms with van der Waals surface area (Å²) in [6, 6.07) is 17.8. The van der Waals surface area contributed by atoms with Crippen LogP contribution in [0.1, 0.15) is 26.2 Å². The van der Waals surface area contributed by atoms with Crippen LogP contribution in [-0.4, -0.2) is 37.4 Å². The van der Waals surface area contributed by atoms with Crippen molar-refractivity contribution in [2.75, 3.05) is 29.9 Å². The van der Waals surface area contributed by atoms with E-state index in [1.165, 1.54) is 4.90 Å². The van der Waals surface area contributed by atoms with Crippen molar-refractivity contribution in [3.05, 3.63) is 54.6 Å². The van der Waals surface area contributed by atoms with Crippen LogP contribution < -0.4 is 20.3 Å². The molecule has 0 heterocycles. The molecule has 3 amide bonds. The number of nitrogens with one attached hydrogen (secondary N) is 2. The maximum Gasteiger partial charge on any atom is 0.257 e. The molecule has 31 heavy (non-hydrogen) atoms. The summed E-state index contributed by atoms with van der Waals surface area (Å²) in [5.41, 5.74) is 1.20. The third kappa shape index (κ3) is 8.19. The van der Waals surface area contributed by atoms with Crippen molar-refractivity contribution in [1.82, 2.24) is 5.32 Å². The Labute approximate surface area is 181 Å². The molecular weight excluding hydrogens is 396 g/mol. The van der Waals surface area contributed by atoms with Gasteiger partial charge in [-0.1, -0.05) is 24.3 Å². The molecule has 0 atom stereocenters. The summed E-state index contributed by atoms with van der Waals surface area (Å²) in [7, 11) is 0. The largest absolute Gasteiger partial charge is 0.484 e. The summed E-state index contributed by atoms with van der Waals surface area (Å²) in [6.07, 6.45) is 0.216. The monoisotopic (exact) mass is 422 g/mol. The average molecular weight is 422 g/mol. The van der Waals surface area contributed by atoms with Crippen molar-refractivity contribution in [1.29, 1.82) is 5.26 Å². The van der Waals surface area contributed by atoms with Gasteiger partial charge >= 0.3 is 0 Å². The van der Waals surface area contributed by atoms with Gasteiger partial charge in [-0.2, -0.15) is 5.26 Å². The Kier molecular flexibility index (Phi) is 9.56. The second kappa shape index (κ2) is 12.6. The van der Waals surface area contributed by atoms with Gasteiger partial charge in [-0.3, -0.25) is 14.4 Å². The number of ether oxygens (including phenoxy) is 1. The number of para-hydroxylation sites is 1. The van der Waals surface area contributed by atoms with Gasteiger partial charge in [-0.15, -0.1) is 0 Å². The SMILES string of the molecule is CCNC(=O)COc1cccc(NC(=O)CCC(=O)N(CCC#N)c2ccccc2)c1. The summed E-state index contributed by atoms with van der Waals surface area (Å²) >= 11 is 0. The molecule has 0 saturated carbocycles. The van der Waals surface area contributed by atoms with Crippen molar-refractivity contribution in [2.24, 2.45) is 0 Å². The Hall–Kier alpha value is -3.86.